The van der Waals surface area contributed by atoms with Crippen molar-refractivity contribution >= 4 is 27.5 Å². The summed E-state index contributed by atoms with van der Waals surface area (Å²) in [5.41, 5.74) is 1.90. The number of sulfonamides is 1. The van der Waals surface area contributed by atoms with Crippen LogP contribution in [0, 0.1) is 12.7 Å². The molecule has 2 aromatic carbocycles. The van der Waals surface area contributed by atoms with Gasteiger partial charge >= 0.3 is 0 Å². The number of aryl methyl sites for hydroxylation is 1. The molecular formula is C27H38FN3O4S. The van der Waals surface area contributed by atoms with Gasteiger partial charge in [-0.15, -0.1) is 0 Å². The maximum Gasteiger partial charge on any atom is 0.243 e. The number of carbonyl (C=O) groups is 2. The summed E-state index contributed by atoms with van der Waals surface area (Å²) in [5.74, 6) is -1.12. The highest BCUT2D eigenvalue weighted by molar-refractivity contribution is 7.92. The van der Waals surface area contributed by atoms with Crippen molar-refractivity contribution < 1.29 is 22.4 Å². The molecular weight excluding hydrogens is 481 g/mol. The lowest BCUT2D eigenvalue weighted by atomic mass is 10.1. The average molecular weight is 520 g/mol. The maximum absolute atomic E-state index is 14.3. The SMILES string of the molecule is CC[C@@H](C)NC(=O)[C@@H](CC)N(Cc1cccc(C)c1)C(=O)CCCN(c1ccccc1F)S(C)(=O)=O. The van der Waals surface area contributed by atoms with Crippen LogP contribution < -0.4 is 9.62 Å². The second-order valence-corrected chi connectivity index (χ2v) is 11.0. The van der Waals surface area contributed by atoms with Crippen LogP contribution in [0.3, 0.4) is 0 Å². The highest BCUT2D eigenvalue weighted by atomic mass is 32.2. The fraction of sp³-hybridized carbons (Fsp3) is 0.481. The Morgan fingerprint density at radius 2 is 1.75 bits per heavy atom. The van der Waals surface area contributed by atoms with Crippen molar-refractivity contribution in [3.8, 4) is 0 Å². The summed E-state index contributed by atoms with van der Waals surface area (Å²) in [6.45, 7) is 7.92. The van der Waals surface area contributed by atoms with Crippen molar-refractivity contribution in [1.82, 2.24) is 10.2 Å². The number of rotatable bonds is 13. The number of nitrogens with zero attached hydrogens (tertiary/aromatic N) is 2. The Hall–Kier alpha value is -2.94. The fourth-order valence-corrected chi connectivity index (χ4v) is 4.97. The first-order valence-corrected chi connectivity index (χ1v) is 14.2. The number of hydrogen-bond acceptors (Lipinski definition) is 4. The Morgan fingerprint density at radius 1 is 1.06 bits per heavy atom. The third kappa shape index (κ3) is 8.33. The van der Waals surface area contributed by atoms with E-state index in [1.54, 1.807) is 11.0 Å². The lowest BCUT2D eigenvalue weighted by molar-refractivity contribution is -0.141. The van der Waals surface area contributed by atoms with Crippen molar-refractivity contribution in [2.45, 2.75) is 72.0 Å². The topological polar surface area (TPSA) is 86.8 Å². The predicted molar refractivity (Wildman–Crippen MR) is 142 cm³/mol. The minimum Gasteiger partial charge on any atom is -0.352 e. The minimum atomic E-state index is -3.76. The van der Waals surface area contributed by atoms with Crippen molar-refractivity contribution in [3.63, 3.8) is 0 Å². The summed E-state index contributed by atoms with van der Waals surface area (Å²) in [6, 6.07) is 12.7. The van der Waals surface area contributed by atoms with Crippen molar-refractivity contribution in [2.24, 2.45) is 0 Å². The normalized spacial score (nSPS) is 13.1. The Bertz CT molecular complexity index is 1140. The van der Waals surface area contributed by atoms with Crippen molar-refractivity contribution in [3.05, 3.63) is 65.5 Å². The Kier molecular flexibility index (Phi) is 10.9. The predicted octanol–water partition coefficient (Wildman–Crippen LogP) is 4.40. The average Bonchev–Trinajstić information content (AvgIpc) is 2.81. The van der Waals surface area contributed by atoms with E-state index in [1.807, 2.05) is 52.0 Å². The zero-order valence-corrected chi connectivity index (χ0v) is 22.6. The third-order valence-corrected chi connectivity index (χ3v) is 7.28. The quantitative estimate of drug-likeness (QED) is 0.425. The molecule has 2 atom stereocenters. The molecule has 0 bridgehead atoms. The number of carbonyl (C=O) groups excluding carboxylic acids is 2. The molecule has 0 aromatic heterocycles. The van der Waals surface area contributed by atoms with Crippen LogP contribution in [0.2, 0.25) is 0 Å². The first-order valence-electron chi connectivity index (χ1n) is 12.4. The molecule has 0 spiro atoms. The highest BCUT2D eigenvalue weighted by Crippen LogP contribution is 2.22. The molecule has 0 heterocycles. The van der Waals surface area contributed by atoms with Crippen LogP contribution in [-0.2, 0) is 26.2 Å². The zero-order chi connectivity index (χ0) is 26.9. The summed E-state index contributed by atoms with van der Waals surface area (Å²) < 4.78 is 40.0. The van der Waals surface area contributed by atoms with E-state index in [1.165, 1.54) is 18.2 Å². The standard InChI is InChI=1S/C27H38FN3O4S/c1-6-21(4)29-27(33)24(7-2)30(19-22-13-10-12-20(3)18-22)26(32)16-11-17-31(36(5,34)35)25-15-9-8-14-23(25)28/h8-10,12-15,18,21,24H,6-7,11,16-17,19H2,1-5H3,(H,29,33)/t21-,24-/m1/s1. The van der Waals surface area contributed by atoms with Gasteiger partial charge in [-0.1, -0.05) is 55.8 Å². The maximum atomic E-state index is 14.3. The second kappa shape index (κ2) is 13.4. The summed E-state index contributed by atoms with van der Waals surface area (Å²) in [7, 11) is -3.76. The third-order valence-electron chi connectivity index (χ3n) is 6.10. The lowest BCUT2D eigenvalue weighted by Crippen LogP contribution is -2.50. The van der Waals surface area contributed by atoms with Crippen LogP contribution in [0.4, 0.5) is 10.1 Å². The van der Waals surface area contributed by atoms with Gasteiger partial charge in [0.1, 0.15) is 11.9 Å². The van der Waals surface area contributed by atoms with Crippen molar-refractivity contribution in [2.75, 3.05) is 17.1 Å². The summed E-state index contributed by atoms with van der Waals surface area (Å²) in [5, 5.41) is 2.97. The monoisotopic (exact) mass is 519 g/mol. The molecule has 0 saturated heterocycles. The number of anilines is 1. The van der Waals surface area contributed by atoms with Gasteiger partial charge in [-0.05, 0) is 50.8 Å². The Balaban J connectivity index is 2.24. The van der Waals surface area contributed by atoms with Gasteiger partial charge in [-0.3, -0.25) is 13.9 Å². The van der Waals surface area contributed by atoms with E-state index in [-0.39, 0.29) is 49.5 Å². The van der Waals surface area contributed by atoms with E-state index < -0.39 is 21.9 Å². The zero-order valence-electron chi connectivity index (χ0n) is 21.8. The number of para-hydroxylation sites is 1. The molecule has 7 nitrogen and oxygen atoms in total. The molecule has 36 heavy (non-hydrogen) atoms. The van der Waals surface area contributed by atoms with E-state index in [9.17, 15) is 22.4 Å². The number of nitrogens with one attached hydrogen (secondary N) is 1. The van der Waals surface area contributed by atoms with E-state index in [0.29, 0.717) is 6.42 Å². The largest absolute Gasteiger partial charge is 0.352 e. The lowest BCUT2D eigenvalue weighted by Gasteiger charge is -2.32. The van der Waals surface area contributed by atoms with Gasteiger partial charge in [-0.2, -0.15) is 0 Å². The number of halogens is 1. The molecule has 0 aliphatic heterocycles. The molecule has 0 fully saturated rings. The van der Waals surface area contributed by atoms with Crippen LogP contribution in [0.1, 0.15) is 57.6 Å². The van der Waals surface area contributed by atoms with E-state index >= 15 is 0 Å². The Labute approximate surface area is 214 Å². The van der Waals surface area contributed by atoms with E-state index in [0.717, 1.165) is 28.1 Å². The van der Waals surface area contributed by atoms with Gasteiger partial charge < -0.3 is 10.2 Å². The number of hydrogen-bond donors (Lipinski definition) is 1. The van der Waals surface area contributed by atoms with Gasteiger partial charge in [0.25, 0.3) is 0 Å². The number of benzene rings is 2. The van der Waals surface area contributed by atoms with Crippen LogP contribution in [0.15, 0.2) is 48.5 Å². The molecule has 0 unspecified atom stereocenters. The second-order valence-electron chi connectivity index (χ2n) is 9.14. The van der Waals surface area contributed by atoms with Gasteiger partial charge in [0.2, 0.25) is 21.8 Å². The summed E-state index contributed by atoms with van der Waals surface area (Å²) in [6.07, 6.45) is 2.40. The van der Waals surface area contributed by atoms with Crippen LogP contribution in [0.25, 0.3) is 0 Å². The first kappa shape index (κ1) is 29.3. The molecule has 0 saturated carbocycles. The Morgan fingerprint density at radius 3 is 2.33 bits per heavy atom. The summed E-state index contributed by atoms with van der Waals surface area (Å²) >= 11 is 0. The molecule has 0 radical (unpaired) electrons. The van der Waals surface area contributed by atoms with Crippen LogP contribution in [-0.4, -0.2) is 50.0 Å². The minimum absolute atomic E-state index is 0.0133. The van der Waals surface area contributed by atoms with Gasteiger partial charge in [0.05, 0.1) is 11.9 Å². The molecule has 0 aliphatic rings. The molecule has 0 aliphatic carbocycles. The number of amides is 2. The van der Waals surface area contributed by atoms with Gasteiger partial charge in [0, 0.05) is 25.6 Å². The van der Waals surface area contributed by atoms with E-state index in [4.69, 9.17) is 0 Å². The van der Waals surface area contributed by atoms with Gasteiger partial charge in [-0.25, -0.2) is 12.8 Å². The smallest absolute Gasteiger partial charge is 0.243 e. The highest BCUT2D eigenvalue weighted by Gasteiger charge is 2.29. The molecule has 1 N–H and O–H groups in total. The molecule has 2 amide bonds. The molecule has 198 valence electrons. The molecule has 9 heteroatoms. The van der Waals surface area contributed by atoms with Crippen LogP contribution in [0.5, 0.6) is 0 Å². The molecule has 2 rings (SSSR count). The van der Waals surface area contributed by atoms with Gasteiger partial charge in [0.15, 0.2) is 0 Å². The first-order chi connectivity index (χ1) is 17.0. The fourth-order valence-electron chi connectivity index (χ4n) is 4.00. The van der Waals surface area contributed by atoms with Crippen LogP contribution >= 0.6 is 0 Å². The van der Waals surface area contributed by atoms with Crippen molar-refractivity contribution in [1.29, 1.82) is 0 Å². The molecule has 2 aromatic rings. The van der Waals surface area contributed by atoms with E-state index in [2.05, 4.69) is 5.32 Å². The summed E-state index contributed by atoms with van der Waals surface area (Å²) in [4.78, 5) is 28.0.